The van der Waals surface area contributed by atoms with E-state index in [1.807, 2.05) is 12.4 Å². The Morgan fingerprint density at radius 3 is 2.32 bits per heavy atom. The Hall–Kier alpha value is -0.580. The minimum Gasteiger partial charge on any atom is -0.344 e. The zero-order chi connectivity index (χ0) is 12.1. The van der Waals surface area contributed by atoms with E-state index in [1.165, 1.54) is 18.4 Å². The number of hydrogen-bond acceptors (Lipinski definition) is 4. The van der Waals surface area contributed by atoms with E-state index in [2.05, 4.69) is 34.2 Å². The summed E-state index contributed by atoms with van der Waals surface area (Å²) in [5.41, 5.74) is 1.20. The Morgan fingerprint density at radius 2 is 1.79 bits per heavy atom. The fourth-order valence-electron chi connectivity index (χ4n) is 2.26. The number of nitrogens with one attached hydrogen (secondary N) is 1. The molecule has 1 N–H and O–H groups in total. The summed E-state index contributed by atoms with van der Waals surface area (Å²) in [4.78, 5) is 11.0. The minimum atomic E-state index is 0. The van der Waals surface area contributed by atoms with Crippen molar-refractivity contribution in [2.24, 2.45) is 5.92 Å². The first-order chi connectivity index (χ1) is 8.29. The second kappa shape index (κ2) is 9.34. The average molecular weight is 307 g/mol. The molecule has 1 aromatic rings. The van der Waals surface area contributed by atoms with Crippen molar-refractivity contribution in [3.05, 3.63) is 18.0 Å². The van der Waals surface area contributed by atoms with Crippen molar-refractivity contribution < 1.29 is 0 Å². The normalized spacial score (nSPS) is 15.3. The Labute approximate surface area is 128 Å². The maximum Gasteiger partial charge on any atom is 0.224 e. The lowest BCUT2D eigenvalue weighted by Crippen LogP contribution is -2.35. The van der Waals surface area contributed by atoms with Crippen LogP contribution < -0.4 is 10.2 Å². The summed E-state index contributed by atoms with van der Waals surface area (Å²) in [7, 11) is 2.09. The van der Waals surface area contributed by atoms with E-state index in [-0.39, 0.29) is 24.8 Å². The summed E-state index contributed by atoms with van der Waals surface area (Å²) in [5.74, 6) is 1.62. The van der Waals surface area contributed by atoms with E-state index in [1.54, 1.807) is 0 Å². The molecule has 1 saturated heterocycles. The Balaban J connectivity index is 0.00000162. The molecule has 19 heavy (non-hydrogen) atoms. The molecule has 1 aromatic heterocycles. The molecule has 0 atom stereocenters. The third-order valence-electron chi connectivity index (χ3n) is 3.43. The SMILES string of the molecule is CCc1cnc(N(C)CC2CCNCC2)nc1.Cl.Cl. The van der Waals surface area contributed by atoms with E-state index in [4.69, 9.17) is 0 Å². The fourth-order valence-corrected chi connectivity index (χ4v) is 2.26. The molecule has 2 heterocycles. The van der Waals surface area contributed by atoms with Gasteiger partial charge < -0.3 is 10.2 Å². The minimum absolute atomic E-state index is 0. The molecule has 0 bridgehead atoms. The first-order valence-corrected chi connectivity index (χ1v) is 6.52. The van der Waals surface area contributed by atoms with Crippen LogP contribution in [0, 0.1) is 5.92 Å². The molecule has 110 valence electrons. The molecule has 0 aromatic carbocycles. The van der Waals surface area contributed by atoms with E-state index in [0.717, 1.165) is 37.9 Å². The summed E-state index contributed by atoms with van der Waals surface area (Å²) in [6, 6.07) is 0. The average Bonchev–Trinajstić information content (AvgIpc) is 2.40. The molecule has 1 fully saturated rings. The van der Waals surface area contributed by atoms with Crippen molar-refractivity contribution in [2.45, 2.75) is 26.2 Å². The van der Waals surface area contributed by atoms with E-state index >= 15 is 0 Å². The summed E-state index contributed by atoms with van der Waals surface area (Å²) in [6.45, 7) is 5.48. The number of aromatic nitrogens is 2. The van der Waals surface area contributed by atoms with E-state index in [9.17, 15) is 0 Å². The highest BCUT2D eigenvalue weighted by Gasteiger charge is 2.16. The van der Waals surface area contributed by atoms with Gasteiger partial charge in [0.05, 0.1) is 0 Å². The van der Waals surface area contributed by atoms with Crippen molar-refractivity contribution in [3.63, 3.8) is 0 Å². The standard InChI is InChI=1S/C13H22N4.2ClH/c1-3-11-8-15-13(16-9-11)17(2)10-12-4-6-14-7-5-12;;/h8-9,12,14H,3-7,10H2,1-2H3;2*1H. The van der Waals surface area contributed by atoms with Crippen molar-refractivity contribution in [1.29, 1.82) is 0 Å². The van der Waals surface area contributed by atoms with Crippen molar-refractivity contribution in [2.75, 3.05) is 31.6 Å². The molecular formula is C13H24Cl2N4. The first kappa shape index (κ1) is 18.4. The second-order valence-corrected chi connectivity index (χ2v) is 4.82. The van der Waals surface area contributed by atoms with Gasteiger partial charge in [0.2, 0.25) is 5.95 Å². The molecule has 4 nitrogen and oxygen atoms in total. The summed E-state index contributed by atoms with van der Waals surface area (Å²) < 4.78 is 0. The lowest BCUT2D eigenvalue weighted by Gasteiger charge is -2.27. The molecule has 2 rings (SSSR count). The molecule has 0 spiro atoms. The van der Waals surface area contributed by atoms with Gasteiger partial charge in [0.15, 0.2) is 0 Å². The quantitative estimate of drug-likeness (QED) is 0.927. The number of rotatable bonds is 4. The predicted octanol–water partition coefficient (Wildman–Crippen LogP) is 2.32. The first-order valence-electron chi connectivity index (χ1n) is 6.52. The molecular weight excluding hydrogens is 283 g/mol. The van der Waals surface area contributed by atoms with Crippen molar-refractivity contribution in [3.8, 4) is 0 Å². The number of nitrogens with zero attached hydrogens (tertiary/aromatic N) is 3. The van der Waals surface area contributed by atoms with Crippen molar-refractivity contribution in [1.82, 2.24) is 15.3 Å². The molecule has 0 aliphatic carbocycles. The van der Waals surface area contributed by atoms with Crippen LogP contribution in [0.15, 0.2) is 12.4 Å². The topological polar surface area (TPSA) is 41.1 Å². The van der Waals surface area contributed by atoms with Gasteiger partial charge in [0, 0.05) is 26.0 Å². The maximum absolute atomic E-state index is 4.41. The largest absolute Gasteiger partial charge is 0.344 e. The maximum atomic E-state index is 4.41. The van der Waals surface area contributed by atoms with Gasteiger partial charge in [0.25, 0.3) is 0 Å². The molecule has 1 aliphatic rings. The zero-order valence-electron chi connectivity index (χ0n) is 11.6. The van der Waals surface area contributed by atoms with Gasteiger partial charge in [-0.15, -0.1) is 24.8 Å². The number of hydrogen-bond donors (Lipinski definition) is 1. The van der Waals surface area contributed by atoms with Gasteiger partial charge in [-0.05, 0) is 43.8 Å². The lowest BCUT2D eigenvalue weighted by molar-refractivity contribution is 0.376. The van der Waals surface area contributed by atoms with Crippen LogP contribution in [-0.4, -0.2) is 36.6 Å². The fraction of sp³-hybridized carbons (Fsp3) is 0.692. The van der Waals surface area contributed by atoms with Crippen LogP contribution in [0.5, 0.6) is 0 Å². The molecule has 0 amide bonds. The Morgan fingerprint density at radius 1 is 1.21 bits per heavy atom. The van der Waals surface area contributed by atoms with Crippen LogP contribution in [0.2, 0.25) is 0 Å². The molecule has 0 saturated carbocycles. The van der Waals surface area contributed by atoms with Gasteiger partial charge >= 0.3 is 0 Å². The molecule has 0 unspecified atom stereocenters. The van der Waals surface area contributed by atoms with Gasteiger partial charge in [-0.25, -0.2) is 9.97 Å². The summed E-state index contributed by atoms with van der Waals surface area (Å²) in [6.07, 6.45) is 7.38. The van der Waals surface area contributed by atoms with Gasteiger partial charge in [0.1, 0.15) is 0 Å². The van der Waals surface area contributed by atoms with Gasteiger partial charge in [-0.1, -0.05) is 6.92 Å². The number of anilines is 1. The summed E-state index contributed by atoms with van der Waals surface area (Å²) >= 11 is 0. The zero-order valence-corrected chi connectivity index (χ0v) is 13.3. The van der Waals surface area contributed by atoms with Gasteiger partial charge in [-0.2, -0.15) is 0 Å². The van der Waals surface area contributed by atoms with E-state index < -0.39 is 0 Å². The smallest absolute Gasteiger partial charge is 0.224 e. The number of halogens is 2. The third kappa shape index (κ3) is 5.51. The highest BCUT2D eigenvalue weighted by molar-refractivity contribution is 5.85. The van der Waals surface area contributed by atoms with Gasteiger partial charge in [-0.3, -0.25) is 0 Å². The second-order valence-electron chi connectivity index (χ2n) is 4.82. The van der Waals surface area contributed by atoms with Crippen LogP contribution in [0.1, 0.15) is 25.3 Å². The molecule has 1 aliphatic heterocycles. The number of piperidine rings is 1. The van der Waals surface area contributed by atoms with E-state index in [0.29, 0.717) is 0 Å². The highest BCUT2D eigenvalue weighted by atomic mass is 35.5. The van der Waals surface area contributed by atoms with Crippen LogP contribution in [0.25, 0.3) is 0 Å². The third-order valence-corrected chi connectivity index (χ3v) is 3.43. The lowest BCUT2D eigenvalue weighted by atomic mass is 9.98. The van der Waals surface area contributed by atoms with Crippen LogP contribution in [0.3, 0.4) is 0 Å². The monoisotopic (exact) mass is 306 g/mol. The molecule has 6 heteroatoms. The number of aryl methyl sites for hydroxylation is 1. The van der Waals surface area contributed by atoms with Crippen molar-refractivity contribution >= 4 is 30.8 Å². The van der Waals surface area contributed by atoms with Crippen LogP contribution >= 0.6 is 24.8 Å². The Bertz CT molecular complexity index is 339. The Kier molecular flexibility index (Phi) is 9.06. The molecule has 0 radical (unpaired) electrons. The summed E-state index contributed by atoms with van der Waals surface area (Å²) in [5, 5.41) is 3.39. The highest BCUT2D eigenvalue weighted by Crippen LogP contribution is 2.15. The van der Waals surface area contributed by atoms with Crippen LogP contribution in [0.4, 0.5) is 5.95 Å². The van der Waals surface area contributed by atoms with Crippen LogP contribution in [-0.2, 0) is 6.42 Å². The predicted molar refractivity (Wildman–Crippen MR) is 84.8 cm³/mol.